The molecule has 0 amide bonds. The first kappa shape index (κ1) is 8.24. The fourth-order valence-electron chi connectivity index (χ4n) is 2.61. The molecular weight excluding hydrogens is 152 g/mol. The molecule has 3 atom stereocenters. The fraction of sp³-hybridized carbons (Fsp3) is 0.900. The van der Waals surface area contributed by atoms with Gasteiger partial charge in [0.05, 0.1) is 5.60 Å². The molecule has 12 heavy (non-hydrogen) atoms. The summed E-state index contributed by atoms with van der Waals surface area (Å²) in [6, 6.07) is 0. The molecule has 0 aromatic rings. The van der Waals surface area contributed by atoms with Crippen LogP contribution < -0.4 is 0 Å². The van der Waals surface area contributed by atoms with Crippen molar-refractivity contribution in [2.45, 2.75) is 51.2 Å². The summed E-state index contributed by atoms with van der Waals surface area (Å²) < 4.78 is 5.85. The van der Waals surface area contributed by atoms with Gasteiger partial charge in [0.15, 0.2) is 5.78 Å². The van der Waals surface area contributed by atoms with Crippen LogP contribution in [0.4, 0.5) is 0 Å². The van der Waals surface area contributed by atoms with Crippen molar-refractivity contribution < 1.29 is 9.53 Å². The van der Waals surface area contributed by atoms with Gasteiger partial charge in [0, 0.05) is 6.42 Å². The molecule has 2 heterocycles. The van der Waals surface area contributed by atoms with E-state index in [0.717, 1.165) is 12.8 Å². The number of carbonyl (C=O) groups excluding carboxylic acids is 1. The van der Waals surface area contributed by atoms with E-state index < -0.39 is 5.60 Å². The molecule has 0 aromatic heterocycles. The van der Waals surface area contributed by atoms with Crippen LogP contribution in [0.2, 0.25) is 0 Å². The lowest BCUT2D eigenvalue weighted by molar-refractivity contribution is -0.164. The van der Waals surface area contributed by atoms with Crippen molar-refractivity contribution in [2.24, 2.45) is 5.92 Å². The van der Waals surface area contributed by atoms with E-state index >= 15 is 0 Å². The second-order valence-electron chi connectivity index (χ2n) is 4.69. The number of rotatable bonds is 0. The Morgan fingerprint density at radius 2 is 2.17 bits per heavy atom. The van der Waals surface area contributed by atoms with Crippen LogP contribution in [-0.2, 0) is 9.53 Å². The zero-order valence-electron chi connectivity index (χ0n) is 8.02. The minimum atomic E-state index is -0.465. The normalized spacial score (nSPS) is 52.9. The van der Waals surface area contributed by atoms with E-state index in [2.05, 4.69) is 13.8 Å². The number of ether oxygens (including phenoxy) is 1. The lowest BCUT2D eigenvalue weighted by Gasteiger charge is -2.35. The number of hydrogen-bond donors (Lipinski definition) is 0. The van der Waals surface area contributed by atoms with E-state index in [-0.39, 0.29) is 5.60 Å². The first-order valence-corrected chi connectivity index (χ1v) is 4.70. The van der Waals surface area contributed by atoms with E-state index in [1.54, 1.807) is 0 Å². The van der Waals surface area contributed by atoms with Crippen LogP contribution in [0.25, 0.3) is 0 Å². The van der Waals surface area contributed by atoms with Gasteiger partial charge >= 0.3 is 0 Å². The van der Waals surface area contributed by atoms with E-state index in [9.17, 15) is 4.79 Å². The summed E-state index contributed by atoms with van der Waals surface area (Å²) in [5.74, 6) is 0.683. The Morgan fingerprint density at radius 1 is 1.50 bits per heavy atom. The Hall–Kier alpha value is -0.370. The topological polar surface area (TPSA) is 26.3 Å². The summed E-state index contributed by atoms with van der Waals surface area (Å²) in [4.78, 5) is 11.6. The van der Waals surface area contributed by atoms with Gasteiger partial charge in [-0.15, -0.1) is 0 Å². The molecule has 0 aromatic carbocycles. The first-order valence-electron chi connectivity index (χ1n) is 4.70. The summed E-state index contributed by atoms with van der Waals surface area (Å²) in [6.45, 7) is 6.19. The van der Waals surface area contributed by atoms with Gasteiger partial charge in [-0.3, -0.25) is 4.79 Å². The molecule has 2 fully saturated rings. The number of ketones is 1. The van der Waals surface area contributed by atoms with Crippen molar-refractivity contribution >= 4 is 5.78 Å². The molecule has 0 aliphatic carbocycles. The average Bonchev–Trinajstić information content (AvgIpc) is 2.16. The molecule has 68 valence electrons. The maximum atomic E-state index is 11.6. The molecule has 0 unspecified atom stereocenters. The van der Waals surface area contributed by atoms with Gasteiger partial charge in [-0.05, 0) is 32.6 Å². The standard InChI is InChI=1S/C10H16O2/c1-7-6-9(2)5-4-8(11)10(7,3)12-9/h7H,4-6H2,1-3H3/t7-,9+,10+/m1/s1. The Kier molecular flexibility index (Phi) is 1.45. The molecule has 2 aliphatic rings. The fourth-order valence-corrected chi connectivity index (χ4v) is 2.61. The minimum Gasteiger partial charge on any atom is -0.361 e. The minimum absolute atomic E-state index is 0.0118. The highest BCUT2D eigenvalue weighted by Gasteiger charge is 2.56. The van der Waals surface area contributed by atoms with E-state index in [1.807, 2.05) is 6.92 Å². The van der Waals surface area contributed by atoms with Crippen molar-refractivity contribution in [3.8, 4) is 0 Å². The van der Waals surface area contributed by atoms with Crippen LogP contribution >= 0.6 is 0 Å². The summed E-state index contributed by atoms with van der Waals surface area (Å²) in [6.07, 6.45) is 2.65. The van der Waals surface area contributed by atoms with Crippen molar-refractivity contribution in [1.29, 1.82) is 0 Å². The second-order valence-corrected chi connectivity index (χ2v) is 4.69. The molecule has 2 saturated heterocycles. The monoisotopic (exact) mass is 168 g/mol. The van der Waals surface area contributed by atoms with Crippen LogP contribution in [0, 0.1) is 5.92 Å². The molecule has 2 aliphatic heterocycles. The van der Waals surface area contributed by atoms with Gasteiger partial charge in [-0.2, -0.15) is 0 Å². The smallest absolute Gasteiger partial charge is 0.164 e. The van der Waals surface area contributed by atoms with Crippen LogP contribution in [0.3, 0.4) is 0 Å². The van der Waals surface area contributed by atoms with Crippen molar-refractivity contribution in [3.63, 3.8) is 0 Å². The molecule has 0 spiro atoms. The van der Waals surface area contributed by atoms with Gasteiger partial charge in [0.25, 0.3) is 0 Å². The Bertz CT molecular complexity index is 236. The lowest BCUT2D eigenvalue weighted by Crippen LogP contribution is -2.45. The third-order valence-corrected chi connectivity index (χ3v) is 3.57. The predicted molar refractivity (Wildman–Crippen MR) is 45.9 cm³/mol. The molecule has 2 rings (SSSR count). The first-order chi connectivity index (χ1) is 5.46. The third kappa shape index (κ3) is 0.875. The number of hydrogen-bond acceptors (Lipinski definition) is 2. The van der Waals surface area contributed by atoms with Crippen LogP contribution in [0.15, 0.2) is 0 Å². The number of carbonyl (C=O) groups is 1. The Morgan fingerprint density at radius 3 is 2.75 bits per heavy atom. The largest absolute Gasteiger partial charge is 0.361 e. The zero-order chi connectivity index (χ0) is 8.98. The zero-order valence-corrected chi connectivity index (χ0v) is 8.02. The highest BCUT2D eigenvalue weighted by atomic mass is 16.5. The van der Waals surface area contributed by atoms with Gasteiger partial charge in [0.1, 0.15) is 5.60 Å². The molecule has 2 nitrogen and oxygen atoms in total. The summed E-state index contributed by atoms with van der Waals surface area (Å²) in [5, 5.41) is 0. The number of fused-ring (bicyclic) bond motifs is 2. The highest BCUT2D eigenvalue weighted by molar-refractivity contribution is 5.88. The van der Waals surface area contributed by atoms with E-state index in [0.29, 0.717) is 18.1 Å². The van der Waals surface area contributed by atoms with Gasteiger partial charge < -0.3 is 4.74 Å². The highest BCUT2D eigenvalue weighted by Crippen LogP contribution is 2.49. The van der Waals surface area contributed by atoms with E-state index in [4.69, 9.17) is 4.74 Å². The van der Waals surface area contributed by atoms with Crippen LogP contribution in [0.5, 0.6) is 0 Å². The molecular formula is C10H16O2. The van der Waals surface area contributed by atoms with Crippen molar-refractivity contribution in [2.75, 3.05) is 0 Å². The van der Waals surface area contributed by atoms with Crippen molar-refractivity contribution in [3.05, 3.63) is 0 Å². The third-order valence-electron chi connectivity index (χ3n) is 3.57. The molecule has 0 N–H and O–H groups in total. The molecule has 2 bridgehead atoms. The average molecular weight is 168 g/mol. The summed E-state index contributed by atoms with van der Waals surface area (Å²) in [7, 11) is 0. The van der Waals surface area contributed by atoms with Gasteiger partial charge in [-0.25, -0.2) is 0 Å². The maximum Gasteiger partial charge on any atom is 0.164 e. The lowest BCUT2D eigenvalue weighted by atomic mass is 9.87. The van der Waals surface area contributed by atoms with Gasteiger partial charge in [0.2, 0.25) is 0 Å². The molecule has 0 radical (unpaired) electrons. The Balaban J connectivity index is 2.36. The number of Topliss-reactive ketones (excluding diaryl/α,β-unsaturated/α-hetero) is 1. The maximum absolute atomic E-state index is 11.6. The SMILES string of the molecule is C[C@@H]1C[C@]2(C)CCC(=O)[C@@]1(C)O2. The van der Waals surface area contributed by atoms with Crippen molar-refractivity contribution in [1.82, 2.24) is 0 Å². The summed E-state index contributed by atoms with van der Waals surface area (Å²) in [5.41, 5.74) is -0.477. The van der Waals surface area contributed by atoms with Crippen LogP contribution in [0.1, 0.15) is 40.0 Å². The predicted octanol–water partition coefficient (Wildman–Crippen LogP) is 1.92. The summed E-state index contributed by atoms with van der Waals surface area (Å²) >= 11 is 0. The molecule has 0 saturated carbocycles. The second kappa shape index (κ2) is 2.11. The molecule has 2 heteroatoms. The quantitative estimate of drug-likeness (QED) is 0.552. The van der Waals surface area contributed by atoms with Gasteiger partial charge in [-0.1, -0.05) is 6.92 Å². The Labute approximate surface area is 73.3 Å². The van der Waals surface area contributed by atoms with E-state index in [1.165, 1.54) is 0 Å². The van der Waals surface area contributed by atoms with Crippen LogP contribution in [-0.4, -0.2) is 17.0 Å².